The van der Waals surface area contributed by atoms with Crippen LogP contribution in [-0.2, 0) is 20.0 Å². The highest BCUT2D eigenvalue weighted by molar-refractivity contribution is 5.54. The van der Waals surface area contributed by atoms with Gasteiger partial charge < -0.3 is 4.52 Å². The van der Waals surface area contributed by atoms with Crippen molar-refractivity contribution in [2.75, 3.05) is 26.2 Å². The van der Waals surface area contributed by atoms with E-state index in [0.29, 0.717) is 11.7 Å². The van der Waals surface area contributed by atoms with Crippen LogP contribution in [0.1, 0.15) is 42.6 Å². The second-order valence-electron chi connectivity index (χ2n) is 7.94. The predicted octanol–water partition coefficient (Wildman–Crippen LogP) is 3.22. The lowest BCUT2D eigenvalue weighted by atomic mass is 10.1. The van der Waals surface area contributed by atoms with Crippen molar-refractivity contribution in [2.45, 2.75) is 39.8 Å². The Morgan fingerprint density at radius 3 is 2.52 bits per heavy atom. The maximum absolute atomic E-state index is 5.59. The smallest absolute Gasteiger partial charge is 0.244 e. The average molecular weight is 395 g/mol. The molecule has 1 aliphatic rings. The summed E-state index contributed by atoms with van der Waals surface area (Å²) in [4.78, 5) is 9.58. The fraction of sp³-hybridized carbons (Fsp3) is 0.500. The third kappa shape index (κ3) is 4.41. The lowest BCUT2D eigenvalue weighted by molar-refractivity contribution is 0.0844. The van der Waals surface area contributed by atoms with Crippen molar-refractivity contribution in [3.05, 3.63) is 53.2 Å². The van der Waals surface area contributed by atoms with E-state index in [1.807, 2.05) is 23.9 Å². The summed E-state index contributed by atoms with van der Waals surface area (Å²) >= 11 is 0. The molecule has 154 valence electrons. The molecule has 7 heteroatoms. The van der Waals surface area contributed by atoms with E-state index in [0.717, 1.165) is 44.7 Å². The second-order valence-corrected chi connectivity index (χ2v) is 7.94. The molecule has 29 heavy (non-hydrogen) atoms. The molecule has 0 radical (unpaired) electrons. The summed E-state index contributed by atoms with van der Waals surface area (Å²) in [7, 11) is 2.00. The van der Waals surface area contributed by atoms with E-state index in [4.69, 9.17) is 4.52 Å². The first-order valence-corrected chi connectivity index (χ1v) is 10.4. The fourth-order valence-corrected chi connectivity index (χ4v) is 3.94. The van der Waals surface area contributed by atoms with Gasteiger partial charge in [0.2, 0.25) is 11.7 Å². The largest absolute Gasteiger partial charge is 0.337 e. The van der Waals surface area contributed by atoms with E-state index < -0.39 is 0 Å². The molecule has 1 atom stereocenters. The molecule has 0 saturated carbocycles. The molecular weight excluding hydrogens is 364 g/mol. The lowest BCUT2D eigenvalue weighted by Gasteiger charge is -2.36. The number of hydrogen-bond acceptors (Lipinski definition) is 6. The zero-order valence-electron chi connectivity index (χ0n) is 17.8. The van der Waals surface area contributed by atoms with E-state index in [2.05, 4.69) is 64.1 Å². The van der Waals surface area contributed by atoms with Gasteiger partial charge in [0, 0.05) is 57.1 Å². The zero-order chi connectivity index (χ0) is 20.4. The van der Waals surface area contributed by atoms with Gasteiger partial charge >= 0.3 is 0 Å². The first-order chi connectivity index (χ1) is 14.0. The monoisotopic (exact) mass is 394 g/mol. The Labute approximate surface area is 172 Å². The minimum absolute atomic E-state index is 0.119. The molecule has 1 unspecified atom stereocenters. The van der Waals surface area contributed by atoms with Crippen LogP contribution >= 0.6 is 0 Å². The van der Waals surface area contributed by atoms with Gasteiger partial charge in [0.15, 0.2) is 0 Å². The van der Waals surface area contributed by atoms with E-state index in [9.17, 15) is 0 Å². The summed E-state index contributed by atoms with van der Waals surface area (Å²) in [5.41, 5.74) is 4.76. The third-order valence-electron chi connectivity index (χ3n) is 5.78. The zero-order valence-corrected chi connectivity index (χ0v) is 17.8. The Kier molecular flexibility index (Phi) is 5.78. The van der Waals surface area contributed by atoms with Gasteiger partial charge in [-0.2, -0.15) is 10.1 Å². The summed E-state index contributed by atoms with van der Waals surface area (Å²) in [6.07, 6.45) is 3.13. The van der Waals surface area contributed by atoms with Crippen molar-refractivity contribution < 1.29 is 4.52 Å². The molecule has 3 aromatic rings. The SMILES string of the molecule is CCc1nn(C)cc1CN1CCN(C(C)c2nc(-c3ccc(C)cc3)no2)CC1. The molecule has 1 aliphatic heterocycles. The molecule has 1 fully saturated rings. The Balaban J connectivity index is 1.35. The van der Waals surface area contributed by atoms with Crippen LogP contribution in [0.4, 0.5) is 0 Å². The fourth-order valence-electron chi connectivity index (χ4n) is 3.94. The minimum Gasteiger partial charge on any atom is -0.337 e. The molecule has 0 amide bonds. The highest BCUT2D eigenvalue weighted by Crippen LogP contribution is 2.24. The van der Waals surface area contributed by atoms with Gasteiger partial charge in [-0.05, 0) is 20.3 Å². The van der Waals surface area contributed by atoms with Crippen LogP contribution in [0, 0.1) is 6.92 Å². The number of aromatic nitrogens is 4. The van der Waals surface area contributed by atoms with E-state index in [1.165, 1.54) is 16.8 Å². The van der Waals surface area contributed by atoms with Crippen LogP contribution in [-0.4, -0.2) is 55.9 Å². The summed E-state index contributed by atoms with van der Waals surface area (Å²) in [5, 5.41) is 8.75. The van der Waals surface area contributed by atoms with Gasteiger partial charge in [0.05, 0.1) is 11.7 Å². The van der Waals surface area contributed by atoms with Gasteiger partial charge in [0.25, 0.3) is 0 Å². The van der Waals surface area contributed by atoms with Gasteiger partial charge in [0.1, 0.15) is 0 Å². The molecule has 0 spiro atoms. The van der Waals surface area contributed by atoms with Gasteiger partial charge in [-0.3, -0.25) is 14.5 Å². The number of hydrogen-bond donors (Lipinski definition) is 0. The summed E-state index contributed by atoms with van der Waals surface area (Å²) in [6.45, 7) is 11.4. The molecule has 7 nitrogen and oxygen atoms in total. The van der Waals surface area contributed by atoms with Crippen LogP contribution in [0.5, 0.6) is 0 Å². The van der Waals surface area contributed by atoms with Crippen molar-refractivity contribution in [1.82, 2.24) is 29.7 Å². The molecule has 0 aliphatic carbocycles. The van der Waals surface area contributed by atoms with Crippen molar-refractivity contribution in [3.8, 4) is 11.4 Å². The average Bonchev–Trinajstić information content (AvgIpc) is 3.35. The number of piperazine rings is 1. The third-order valence-corrected chi connectivity index (χ3v) is 5.78. The maximum atomic E-state index is 5.59. The van der Waals surface area contributed by atoms with Crippen molar-refractivity contribution >= 4 is 0 Å². The lowest BCUT2D eigenvalue weighted by Crippen LogP contribution is -2.46. The Hall–Kier alpha value is -2.51. The Bertz CT molecular complexity index is 937. The summed E-state index contributed by atoms with van der Waals surface area (Å²) in [6, 6.07) is 8.33. The van der Waals surface area contributed by atoms with Crippen LogP contribution in [0.15, 0.2) is 35.0 Å². The quantitative estimate of drug-likeness (QED) is 0.640. The standard InChI is InChI=1S/C22H30N6O/c1-5-20-19(14-26(4)24-20)15-27-10-12-28(13-11-27)17(3)22-23-21(25-29-22)18-8-6-16(2)7-9-18/h6-9,14,17H,5,10-13,15H2,1-4H3. The molecule has 0 N–H and O–H groups in total. The van der Waals surface area contributed by atoms with Crippen molar-refractivity contribution in [3.63, 3.8) is 0 Å². The van der Waals surface area contributed by atoms with Gasteiger partial charge in [-0.1, -0.05) is 41.9 Å². The molecular formula is C22H30N6O. The van der Waals surface area contributed by atoms with Crippen LogP contribution in [0.25, 0.3) is 11.4 Å². The van der Waals surface area contributed by atoms with E-state index in [1.54, 1.807) is 0 Å². The Morgan fingerprint density at radius 1 is 1.10 bits per heavy atom. The van der Waals surface area contributed by atoms with Crippen LogP contribution in [0.2, 0.25) is 0 Å². The van der Waals surface area contributed by atoms with Gasteiger partial charge in [-0.15, -0.1) is 0 Å². The normalized spacial score (nSPS) is 17.0. The first kappa shape index (κ1) is 19.8. The summed E-state index contributed by atoms with van der Waals surface area (Å²) in [5.74, 6) is 1.35. The molecule has 2 aromatic heterocycles. The topological polar surface area (TPSA) is 63.2 Å². The number of rotatable bonds is 6. The molecule has 4 rings (SSSR count). The van der Waals surface area contributed by atoms with E-state index in [-0.39, 0.29) is 6.04 Å². The number of aryl methyl sites for hydroxylation is 3. The Morgan fingerprint density at radius 2 is 1.83 bits per heavy atom. The van der Waals surface area contributed by atoms with Gasteiger partial charge in [-0.25, -0.2) is 0 Å². The molecule has 3 heterocycles. The summed E-state index contributed by atoms with van der Waals surface area (Å²) < 4.78 is 7.52. The first-order valence-electron chi connectivity index (χ1n) is 10.4. The van der Waals surface area contributed by atoms with Crippen LogP contribution in [0.3, 0.4) is 0 Å². The highest BCUT2D eigenvalue weighted by Gasteiger charge is 2.26. The van der Waals surface area contributed by atoms with Crippen LogP contribution < -0.4 is 0 Å². The molecule has 1 aromatic carbocycles. The van der Waals surface area contributed by atoms with E-state index >= 15 is 0 Å². The predicted molar refractivity (Wildman–Crippen MR) is 112 cm³/mol. The number of nitrogens with zero attached hydrogens (tertiary/aromatic N) is 6. The second kappa shape index (κ2) is 8.47. The maximum Gasteiger partial charge on any atom is 0.244 e. The van der Waals surface area contributed by atoms with Crippen molar-refractivity contribution in [2.24, 2.45) is 7.05 Å². The number of benzene rings is 1. The molecule has 1 saturated heterocycles. The minimum atomic E-state index is 0.119. The highest BCUT2D eigenvalue weighted by atomic mass is 16.5. The van der Waals surface area contributed by atoms with Crippen molar-refractivity contribution in [1.29, 1.82) is 0 Å². The molecule has 0 bridgehead atoms.